The Kier molecular flexibility index (Phi) is 4.00. The number of amides is 1. The van der Waals surface area contributed by atoms with Crippen LogP contribution in [-0.4, -0.2) is 36.5 Å². The Hall–Kier alpha value is -1.77. The number of anilines is 1. The zero-order chi connectivity index (χ0) is 14.8. The fourth-order valence-electron chi connectivity index (χ4n) is 3.62. The lowest BCUT2D eigenvalue weighted by atomic mass is 10.0. The second-order valence-corrected chi connectivity index (χ2v) is 6.07. The Bertz CT molecular complexity index is 556. The maximum atomic E-state index is 11.4. The molecule has 1 aromatic rings. The van der Waals surface area contributed by atoms with Crippen LogP contribution in [0.4, 0.5) is 5.69 Å². The Labute approximate surface area is 127 Å². The summed E-state index contributed by atoms with van der Waals surface area (Å²) in [6, 6.07) is 7.39. The summed E-state index contributed by atoms with van der Waals surface area (Å²) >= 11 is 0. The molecule has 3 heteroatoms. The largest absolute Gasteiger partial charge is 0.368 e. The van der Waals surface area contributed by atoms with E-state index in [1.54, 1.807) is 6.92 Å². The van der Waals surface area contributed by atoms with Gasteiger partial charge in [0, 0.05) is 38.3 Å². The van der Waals surface area contributed by atoms with E-state index in [9.17, 15) is 4.79 Å². The predicted molar refractivity (Wildman–Crippen MR) is 87.5 cm³/mol. The SMILES string of the molecule is C/C=C/c1ccc2c(c1)CCN2C1CCN(C(C)=O)CC1. The summed E-state index contributed by atoms with van der Waals surface area (Å²) in [7, 11) is 0. The Morgan fingerprint density at radius 1 is 1.24 bits per heavy atom. The minimum Gasteiger partial charge on any atom is -0.368 e. The van der Waals surface area contributed by atoms with E-state index >= 15 is 0 Å². The summed E-state index contributed by atoms with van der Waals surface area (Å²) in [5, 5.41) is 0. The predicted octanol–water partition coefficient (Wildman–Crippen LogP) is 3.09. The highest BCUT2D eigenvalue weighted by atomic mass is 16.2. The van der Waals surface area contributed by atoms with Crippen molar-refractivity contribution in [3.05, 3.63) is 35.4 Å². The highest BCUT2D eigenvalue weighted by Crippen LogP contribution is 2.33. The molecule has 0 N–H and O–H groups in total. The van der Waals surface area contributed by atoms with E-state index in [4.69, 9.17) is 0 Å². The number of hydrogen-bond acceptors (Lipinski definition) is 2. The van der Waals surface area contributed by atoms with Gasteiger partial charge in [0.05, 0.1) is 0 Å². The molecule has 2 aliphatic heterocycles. The number of carbonyl (C=O) groups excluding carboxylic acids is 1. The van der Waals surface area contributed by atoms with Gasteiger partial charge in [0.15, 0.2) is 0 Å². The number of hydrogen-bond donors (Lipinski definition) is 0. The zero-order valence-corrected chi connectivity index (χ0v) is 13.0. The lowest BCUT2D eigenvalue weighted by Crippen LogP contribution is -2.45. The number of nitrogens with zero attached hydrogens (tertiary/aromatic N) is 2. The fraction of sp³-hybridized carbons (Fsp3) is 0.500. The number of benzene rings is 1. The van der Waals surface area contributed by atoms with E-state index < -0.39 is 0 Å². The van der Waals surface area contributed by atoms with Crippen molar-refractivity contribution in [1.82, 2.24) is 4.90 Å². The van der Waals surface area contributed by atoms with Crippen molar-refractivity contribution in [2.24, 2.45) is 0 Å². The number of allylic oxidation sites excluding steroid dienone is 1. The van der Waals surface area contributed by atoms with Gasteiger partial charge in [-0.3, -0.25) is 4.79 Å². The number of piperidine rings is 1. The molecule has 1 fully saturated rings. The molecule has 2 heterocycles. The van der Waals surface area contributed by atoms with Crippen LogP contribution in [0.15, 0.2) is 24.3 Å². The topological polar surface area (TPSA) is 23.6 Å². The van der Waals surface area contributed by atoms with E-state index in [1.807, 2.05) is 4.90 Å². The number of likely N-dealkylation sites (tertiary alicyclic amines) is 1. The van der Waals surface area contributed by atoms with Gasteiger partial charge in [-0.15, -0.1) is 0 Å². The van der Waals surface area contributed by atoms with Crippen LogP contribution in [0, 0.1) is 0 Å². The summed E-state index contributed by atoms with van der Waals surface area (Å²) < 4.78 is 0. The van der Waals surface area contributed by atoms with E-state index in [0.29, 0.717) is 6.04 Å². The highest BCUT2D eigenvalue weighted by Gasteiger charge is 2.29. The molecule has 0 saturated carbocycles. The molecular formula is C18H24N2O. The molecule has 0 aliphatic carbocycles. The van der Waals surface area contributed by atoms with Crippen molar-refractivity contribution in [1.29, 1.82) is 0 Å². The third-order valence-corrected chi connectivity index (χ3v) is 4.74. The first-order valence-electron chi connectivity index (χ1n) is 7.97. The maximum Gasteiger partial charge on any atom is 0.219 e. The van der Waals surface area contributed by atoms with Crippen LogP contribution in [0.1, 0.15) is 37.8 Å². The molecule has 0 aromatic heterocycles. The van der Waals surface area contributed by atoms with Gasteiger partial charge in [0.25, 0.3) is 0 Å². The standard InChI is InChI=1S/C18H24N2O/c1-3-4-15-5-6-18-16(13-15)7-12-20(18)17-8-10-19(11-9-17)14(2)21/h3-6,13,17H,7-12H2,1-2H3/b4-3+. The first-order chi connectivity index (χ1) is 10.2. The molecule has 112 valence electrons. The summed E-state index contributed by atoms with van der Waals surface area (Å²) in [4.78, 5) is 16.0. The van der Waals surface area contributed by atoms with Gasteiger partial charge in [0.2, 0.25) is 5.91 Å². The van der Waals surface area contributed by atoms with Crippen LogP contribution in [0.5, 0.6) is 0 Å². The molecule has 0 unspecified atom stereocenters. The van der Waals surface area contributed by atoms with E-state index in [2.05, 4.69) is 42.2 Å². The minimum absolute atomic E-state index is 0.214. The Morgan fingerprint density at radius 2 is 2.00 bits per heavy atom. The van der Waals surface area contributed by atoms with E-state index in [1.165, 1.54) is 16.8 Å². The normalized spacial score (nSPS) is 19.3. The van der Waals surface area contributed by atoms with Crippen LogP contribution in [0.25, 0.3) is 6.08 Å². The van der Waals surface area contributed by atoms with Gasteiger partial charge in [0.1, 0.15) is 0 Å². The maximum absolute atomic E-state index is 11.4. The summed E-state index contributed by atoms with van der Waals surface area (Å²) in [5.41, 5.74) is 4.17. The molecule has 0 bridgehead atoms. The quantitative estimate of drug-likeness (QED) is 0.833. The Morgan fingerprint density at radius 3 is 2.67 bits per heavy atom. The van der Waals surface area contributed by atoms with Crippen LogP contribution in [0.3, 0.4) is 0 Å². The molecule has 0 radical (unpaired) electrons. The summed E-state index contributed by atoms with van der Waals surface area (Å²) in [6.07, 6.45) is 7.58. The average Bonchev–Trinajstić information content (AvgIpc) is 2.91. The lowest BCUT2D eigenvalue weighted by molar-refractivity contribution is -0.129. The van der Waals surface area contributed by atoms with E-state index in [-0.39, 0.29) is 5.91 Å². The van der Waals surface area contributed by atoms with E-state index in [0.717, 1.165) is 38.9 Å². The van der Waals surface area contributed by atoms with Crippen LogP contribution in [0.2, 0.25) is 0 Å². The third kappa shape index (κ3) is 2.82. The van der Waals surface area contributed by atoms with Crippen molar-refractivity contribution in [2.45, 2.75) is 39.2 Å². The monoisotopic (exact) mass is 284 g/mol. The van der Waals surface area contributed by atoms with Gasteiger partial charge in [-0.1, -0.05) is 18.2 Å². The van der Waals surface area contributed by atoms with Gasteiger partial charge in [-0.25, -0.2) is 0 Å². The lowest BCUT2D eigenvalue weighted by Gasteiger charge is -2.37. The molecule has 2 aliphatic rings. The molecule has 1 aromatic carbocycles. The molecule has 0 atom stereocenters. The van der Waals surface area contributed by atoms with Gasteiger partial charge >= 0.3 is 0 Å². The number of carbonyl (C=O) groups is 1. The molecular weight excluding hydrogens is 260 g/mol. The fourth-order valence-corrected chi connectivity index (χ4v) is 3.62. The van der Waals surface area contributed by atoms with Gasteiger partial charge in [-0.05, 0) is 49.4 Å². The second kappa shape index (κ2) is 5.92. The van der Waals surface area contributed by atoms with Crippen molar-refractivity contribution < 1.29 is 4.79 Å². The Balaban J connectivity index is 1.72. The molecule has 21 heavy (non-hydrogen) atoms. The van der Waals surface area contributed by atoms with Crippen LogP contribution >= 0.6 is 0 Å². The van der Waals surface area contributed by atoms with Gasteiger partial charge < -0.3 is 9.80 Å². The van der Waals surface area contributed by atoms with Crippen molar-refractivity contribution in [3.8, 4) is 0 Å². The third-order valence-electron chi connectivity index (χ3n) is 4.74. The molecule has 0 spiro atoms. The molecule has 3 rings (SSSR count). The molecule has 1 amide bonds. The van der Waals surface area contributed by atoms with Crippen molar-refractivity contribution in [3.63, 3.8) is 0 Å². The van der Waals surface area contributed by atoms with Gasteiger partial charge in [-0.2, -0.15) is 0 Å². The first kappa shape index (κ1) is 14.2. The average molecular weight is 284 g/mol. The molecule has 1 saturated heterocycles. The first-order valence-corrected chi connectivity index (χ1v) is 7.97. The zero-order valence-electron chi connectivity index (χ0n) is 13.0. The summed E-state index contributed by atoms with van der Waals surface area (Å²) in [6.45, 7) is 6.67. The summed E-state index contributed by atoms with van der Waals surface area (Å²) in [5.74, 6) is 0.214. The number of fused-ring (bicyclic) bond motifs is 1. The minimum atomic E-state index is 0.214. The molecule has 3 nitrogen and oxygen atoms in total. The van der Waals surface area contributed by atoms with Crippen LogP contribution < -0.4 is 4.90 Å². The van der Waals surface area contributed by atoms with Crippen molar-refractivity contribution >= 4 is 17.7 Å². The van der Waals surface area contributed by atoms with Crippen LogP contribution in [-0.2, 0) is 11.2 Å². The number of rotatable bonds is 2. The smallest absolute Gasteiger partial charge is 0.219 e. The van der Waals surface area contributed by atoms with Crippen molar-refractivity contribution in [2.75, 3.05) is 24.5 Å². The second-order valence-electron chi connectivity index (χ2n) is 6.07. The highest BCUT2D eigenvalue weighted by molar-refractivity contribution is 5.73.